The van der Waals surface area contributed by atoms with Gasteiger partial charge in [-0.25, -0.2) is 4.79 Å². The second-order valence-electron chi connectivity index (χ2n) is 7.46. The molecule has 0 radical (unpaired) electrons. The third-order valence-corrected chi connectivity index (χ3v) is 5.75. The molecule has 4 rings (SSSR count). The van der Waals surface area contributed by atoms with Gasteiger partial charge in [0.2, 0.25) is 5.91 Å². The molecule has 8 heteroatoms. The molecule has 162 valence electrons. The first-order valence-electron chi connectivity index (χ1n) is 9.80. The van der Waals surface area contributed by atoms with Gasteiger partial charge in [0.15, 0.2) is 0 Å². The number of benzene rings is 3. The summed E-state index contributed by atoms with van der Waals surface area (Å²) in [5, 5.41) is 12.9. The third-order valence-electron chi connectivity index (χ3n) is 5.28. The minimum Gasteiger partial charge on any atom is -0.478 e. The van der Waals surface area contributed by atoms with Gasteiger partial charge < -0.3 is 15.3 Å². The van der Waals surface area contributed by atoms with E-state index in [2.05, 4.69) is 5.32 Å². The fourth-order valence-corrected chi connectivity index (χ4v) is 4.07. The molecule has 3 aromatic carbocycles. The van der Waals surface area contributed by atoms with Crippen molar-refractivity contribution in [1.82, 2.24) is 4.90 Å². The first-order chi connectivity index (χ1) is 15.3. The van der Waals surface area contributed by atoms with Gasteiger partial charge in [0.25, 0.3) is 5.91 Å². The molecule has 0 fully saturated rings. The molecule has 0 bridgehead atoms. The number of nitrogens with one attached hydrogen (secondary N) is 1. The Balaban J connectivity index is 1.73. The van der Waals surface area contributed by atoms with E-state index in [0.717, 1.165) is 5.56 Å². The van der Waals surface area contributed by atoms with E-state index in [1.807, 2.05) is 6.07 Å². The Morgan fingerprint density at radius 3 is 2.34 bits per heavy atom. The van der Waals surface area contributed by atoms with Crippen molar-refractivity contribution in [2.75, 3.05) is 5.32 Å². The molecule has 1 atom stereocenters. The summed E-state index contributed by atoms with van der Waals surface area (Å²) in [4.78, 5) is 39.4. The van der Waals surface area contributed by atoms with E-state index in [4.69, 9.17) is 28.3 Å². The molecule has 0 saturated heterocycles. The number of fused-ring (bicyclic) bond motifs is 1. The van der Waals surface area contributed by atoms with Crippen LogP contribution >= 0.6 is 23.2 Å². The van der Waals surface area contributed by atoms with Crippen LogP contribution in [0.4, 0.5) is 5.69 Å². The highest BCUT2D eigenvalue weighted by atomic mass is 35.5. The molecule has 2 N–H and O–H groups in total. The lowest BCUT2D eigenvalue weighted by Gasteiger charge is -2.29. The summed E-state index contributed by atoms with van der Waals surface area (Å²) in [6, 6.07) is 17.3. The summed E-state index contributed by atoms with van der Waals surface area (Å²) in [7, 11) is 0. The molecule has 1 aliphatic heterocycles. The van der Waals surface area contributed by atoms with Crippen LogP contribution in [-0.4, -0.2) is 33.8 Å². The highest BCUT2D eigenvalue weighted by Gasteiger charge is 2.35. The van der Waals surface area contributed by atoms with Crippen molar-refractivity contribution >= 4 is 46.7 Å². The zero-order valence-electron chi connectivity index (χ0n) is 16.7. The number of hydrogen-bond acceptors (Lipinski definition) is 3. The minimum absolute atomic E-state index is 0.124. The maximum atomic E-state index is 13.5. The largest absolute Gasteiger partial charge is 0.478 e. The number of carboxylic acids is 1. The predicted octanol–water partition coefficient (Wildman–Crippen LogP) is 4.90. The number of carbonyl (C=O) groups is 3. The molecule has 0 saturated carbocycles. The van der Waals surface area contributed by atoms with Gasteiger partial charge in [-0.15, -0.1) is 0 Å². The summed E-state index contributed by atoms with van der Waals surface area (Å²) in [5.41, 5.74) is 2.33. The number of anilines is 1. The molecule has 1 heterocycles. The summed E-state index contributed by atoms with van der Waals surface area (Å²) in [6.45, 7) is 0.124. The van der Waals surface area contributed by atoms with E-state index in [0.29, 0.717) is 26.9 Å². The lowest BCUT2D eigenvalue weighted by atomic mass is 10.0. The van der Waals surface area contributed by atoms with Crippen LogP contribution in [0, 0.1) is 0 Å². The predicted molar refractivity (Wildman–Crippen MR) is 122 cm³/mol. The average Bonchev–Trinajstić information content (AvgIpc) is 2.84. The Kier molecular flexibility index (Phi) is 6.17. The van der Waals surface area contributed by atoms with Crippen LogP contribution in [0.5, 0.6) is 0 Å². The SMILES string of the molecule is O=C(O)c1ccc(CN2C(=O)c3ccc(Cl)cc3NC(=O)C2Cc2cccc(Cl)c2)cc1. The average molecular weight is 469 g/mol. The smallest absolute Gasteiger partial charge is 0.335 e. The van der Waals surface area contributed by atoms with Crippen LogP contribution in [0.2, 0.25) is 10.0 Å². The van der Waals surface area contributed by atoms with Crippen molar-refractivity contribution in [3.63, 3.8) is 0 Å². The van der Waals surface area contributed by atoms with Crippen LogP contribution in [0.15, 0.2) is 66.7 Å². The number of rotatable bonds is 5. The Morgan fingerprint density at radius 1 is 0.938 bits per heavy atom. The standard InChI is InChI=1S/C24H18Cl2N2O4/c25-17-3-1-2-15(10-17)11-21-22(29)27-20-12-18(26)8-9-19(20)23(30)28(21)13-14-4-6-16(7-5-14)24(31)32/h1-10,12,21H,11,13H2,(H,27,29)(H,31,32). The first-order valence-corrected chi connectivity index (χ1v) is 10.6. The number of nitrogens with zero attached hydrogens (tertiary/aromatic N) is 1. The van der Waals surface area contributed by atoms with Gasteiger partial charge >= 0.3 is 5.97 Å². The number of carboxylic acid groups (broad SMARTS) is 1. The van der Waals surface area contributed by atoms with Crippen LogP contribution < -0.4 is 5.32 Å². The van der Waals surface area contributed by atoms with Crippen LogP contribution in [-0.2, 0) is 17.8 Å². The Bertz CT molecular complexity index is 1210. The van der Waals surface area contributed by atoms with Crippen LogP contribution in [0.1, 0.15) is 31.8 Å². The minimum atomic E-state index is -1.04. The summed E-state index contributed by atoms with van der Waals surface area (Å²) in [6.07, 6.45) is 0.257. The van der Waals surface area contributed by atoms with E-state index in [1.165, 1.54) is 17.0 Å². The number of amides is 2. The molecule has 2 amide bonds. The van der Waals surface area contributed by atoms with Crippen molar-refractivity contribution < 1.29 is 19.5 Å². The maximum absolute atomic E-state index is 13.5. The Morgan fingerprint density at radius 2 is 1.66 bits per heavy atom. The van der Waals surface area contributed by atoms with Crippen LogP contribution in [0.25, 0.3) is 0 Å². The van der Waals surface area contributed by atoms with Crippen molar-refractivity contribution in [2.24, 2.45) is 0 Å². The number of halogens is 2. The molecular formula is C24H18Cl2N2O4. The fourth-order valence-electron chi connectivity index (χ4n) is 3.68. The summed E-state index contributed by atoms with van der Waals surface area (Å²) >= 11 is 12.2. The normalized spacial score (nSPS) is 15.7. The summed E-state index contributed by atoms with van der Waals surface area (Å²) < 4.78 is 0. The highest BCUT2D eigenvalue weighted by Crippen LogP contribution is 2.29. The van der Waals surface area contributed by atoms with Gasteiger partial charge in [-0.1, -0.05) is 47.5 Å². The first kappa shape index (κ1) is 21.9. The number of hydrogen-bond donors (Lipinski definition) is 2. The second kappa shape index (κ2) is 9.02. The van der Waals surface area contributed by atoms with E-state index in [9.17, 15) is 14.4 Å². The second-order valence-corrected chi connectivity index (χ2v) is 8.34. The Labute approximate surface area is 194 Å². The fraction of sp³-hybridized carbons (Fsp3) is 0.125. The lowest BCUT2D eigenvalue weighted by molar-refractivity contribution is -0.120. The van der Waals surface area contributed by atoms with E-state index >= 15 is 0 Å². The van der Waals surface area contributed by atoms with E-state index in [1.54, 1.807) is 48.5 Å². The molecule has 0 aromatic heterocycles. The van der Waals surface area contributed by atoms with Gasteiger partial charge in [0, 0.05) is 23.0 Å². The number of carbonyl (C=O) groups excluding carboxylic acids is 2. The zero-order chi connectivity index (χ0) is 22.8. The van der Waals surface area contributed by atoms with E-state index in [-0.39, 0.29) is 30.3 Å². The molecule has 1 unspecified atom stereocenters. The van der Waals surface area contributed by atoms with Gasteiger partial charge in [0.05, 0.1) is 16.8 Å². The van der Waals surface area contributed by atoms with Crippen molar-refractivity contribution in [3.8, 4) is 0 Å². The van der Waals surface area contributed by atoms with Crippen molar-refractivity contribution in [1.29, 1.82) is 0 Å². The molecule has 0 spiro atoms. The van der Waals surface area contributed by atoms with Gasteiger partial charge in [-0.2, -0.15) is 0 Å². The topological polar surface area (TPSA) is 86.7 Å². The third kappa shape index (κ3) is 4.61. The van der Waals surface area contributed by atoms with Gasteiger partial charge in [-0.3, -0.25) is 9.59 Å². The molecule has 6 nitrogen and oxygen atoms in total. The molecule has 0 aliphatic carbocycles. The monoisotopic (exact) mass is 468 g/mol. The van der Waals surface area contributed by atoms with Gasteiger partial charge in [-0.05, 0) is 53.6 Å². The molecule has 32 heavy (non-hydrogen) atoms. The van der Waals surface area contributed by atoms with Crippen molar-refractivity contribution in [3.05, 3.63) is 99.0 Å². The van der Waals surface area contributed by atoms with E-state index < -0.39 is 12.0 Å². The highest BCUT2D eigenvalue weighted by molar-refractivity contribution is 6.31. The molecule has 3 aromatic rings. The lowest BCUT2D eigenvalue weighted by Crippen LogP contribution is -2.46. The molecular weight excluding hydrogens is 451 g/mol. The zero-order valence-corrected chi connectivity index (χ0v) is 18.2. The Hall–Kier alpha value is -3.35. The van der Waals surface area contributed by atoms with Crippen LogP contribution in [0.3, 0.4) is 0 Å². The van der Waals surface area contributed by atoms with Gasteiger partial charge in [0.1, 0.15) is 6.04 Å². The quantitative estimate of drug-likeness (QED) is 0.557. The maximum Gasteiger partial charge on any atom is 0.335 e. The van der Waals surface area contributed by atoms with Crippen molar-refractivity contribution in [2.45, 2.75) is 19.0 Å². The molecule has 1 aliphatic rings. The summed E-state index contributed by atoms with van der Waals surface area (Å²) in [5.74, 6) is -1.71. The number of aromatic carboxylic acids is 1.